The lowest BCUT2D eigenvalue weighted by Crippen LogP contribution is -2.30. The SMILES string of the molecule is CCCCCCCCCCCCCCCCCCCCCC(=O)OC[C@H](COP(=O)(O)OC[C@@H](O)COP(=O)(O)OC[C@@H](COC(=O)CCCCCCCCCC)OC(=O)CCCCCCCCCCCCCC(C)C)OC(=O)CCCCCCCCCCCCCCCCCCCCC. The largest absolute Gasteiger partial charge is 0.472 e. The maximum atomic E-state index is 13.1. The fourth-order valence-electron chi connectivity index (χ4n) is 12.6. The molecular formula is C81H158O17P2. The first-order valence-corrected chi connectivity index (χ1v) is 45.1. The van der Waals surface area contributed by atoms with Gasteiger partial charge in [0.05, 0.1) is 26.4 Å². The molecule has 594 valence electrons. The fraction of sp³-hybridized carbons (Fsp3) is 0.951. The van der Waals surface area contributed by atoms with Crippen LogP contribution in [0.5, 0.6) is 0 Å². The zero-order chi connectivity index (χ0) is 73.4. The van der Waals surface area contributed by atoms with Crippen molar-refractivity contribution in [2.24, 2.45) is 5.92 Å². The number of ether oxygens (including phenoxy) is 4. The summed E-state index contributed by atoms with van der Waals surface area (Å²) in [5.74, 6) is -1.34. The van der Waals surface area contributed by atoms with Crippen molar-refractivity contribution in [1.82, 2.24) is 0 Å². The van der Waals surface area contributed by atoms with Crippen LogP contribution in [0, 0.1) is 5.92 Å². The van der Waals surface area contributed by atoms with Gasteiger partial charge in [-0.3, -0.25) is 37.3 Å². The van der Waals surface area contributed by atoms with Crippen molar-refractivity contribution in [3.8, 4) is 0 Å². The first kappa shape index (κ1) is 98.1. The van der Waals surface area contributed by atoms with Crippen LogP contribution in [0.4, 0.5) is 0 Å². The summed E-state index contributed by atoms with van der Waals surface area (Å²) in [6.45, 7) is 7.30. The van der Waals surface area contributed by atoms with E-state index >= 15 is 0 Å². The molecule has 3 N–H and O–H groups in total. The summed E-state index contributed by atoms with van der Waals surface area (Å²) in [5.41, 5.74) is 0. The molecule has 17 nitrogen and oxygen atoms in total. The van der Waals surface area contributed by atoms with E-state index in [1.165, 1.54) is 250 Å². The van der Waals surface area contributed by atoms with Crippen molar-refractivity contribution in [3.63, 3.8) is 0 Å². The Morgan fingerprint density at radius 1 is 0.270 bits per heavy atom. The normalized spacial score (nSPS) is 13.8. The van der Waals surface area contributed by atoms with Crippen LogP contribution in [0.2, 0.25) is 0 Å². The molecule has 5 atom stereocenters. The molecule has 0 aromatic carbocycles. The molecule has 2 unspecified atom stereocenters. The summed E-state index contributed by atoms with van der Waals surface area (Å²) in [6.07, 6.45) is 65.4. The molecule has 0 aliphatic rings. The van der Waals surface area contributed by atoms with E-state index in [9.17, 15) is 43.2 Å². The van der Waals surface area contributed by atoms with Gasteiger partial charge in [-0.2, -0.15) is 0 Å². The minimum absolute atomic E-state index is 0.107. The van der Waals surface area contributed by atoms with Gasteiger partial charge in [-0.15, -0.1) is 0 Å². The highest BCUT2D eigenvalue weighted by Gasteiger charge is 2.30. The van der Waals surface area contributed by atoms with E-state index in [0.29, 0.717) is 25.7 Å². The smallest absolute Gasteiger partial charge is 0.462 e. The summed E-state index contributed by atoms with van der Waals surface area (Å²) in [7, 11) is -9.91. The highest BCUT2D eigenvalue weighted by Crippen LogP contribution is 2.45. The van der Waals surface area contributed by atoms with E-state index < -0.39 is 97.5 Å². The van der Waals surface area contributed by atoms with Crippen molar-refractivity contribution in [2.45, 2.75) is 451 Å². The highest BCUT2D eigenvalue weighted by atomic mass is 31.2. The maximum absolute atomic E-state index is 13.1. The zero-order valence-electron chi connectivity index (χ0n) is 65.3. The van der Waals surface area contributed by atoms with Gasteiger partial charge in [0, 0.05) is 25.7 Å². The number of hydrogen-bond acceptors (Lipinski definition) is 15. The van der Waals surface area contributed by atoms with Crippen molar-refractivity contribution < 1.29 is 80.2 Å². The number of phosphoric ester groups is 2. The van der Waals surface area contributed by atoms with E-state index in [1.54, 1.807) is 0 Å². The van der Waals surface area contributed by atoms with Gasteiger partial charge in [0.2, 0.25) is 0 Å². The molecule has 0 fully saturated rings. The van der Waals surface area contributed by atoms with Crippen molar-refractivity contribution in [2.75, 3.05) is 39.6 Å². The number of unbranched alkanes of at least 4 members (excludes halogenated alkanes) is 53. The van der Waals surface area contributed by atoms with Crippen molar-refractivity contribution in [3.05, 3.63) is 0 Å². The molecular weight excluding hydrogens is 1310 g/mol. The molecule has 100 heavy (non-hydrogen) atoms. The lowest BCUT2D eigenvalue weighted by molar-refractivity contribution is -0.161. The standard InChI is InChI=1S/C81H158O17P2/c1-6-9-12-15-18-21-23-25-27-29-31-33-35-37-41-45-50-55-60-65-79(84)92-71-77(98-80(85)66-61-56-51-46-42-38-36-34-32-30-28-26-24-22-19-16-13-10-7-2)73-96-100(89,90)94-69-75(82)68-93-99(87,88)95-72-76(70-91-78(83)64-59-54-49-20-17-14-11-8-3)97-81(86)67-62-57-52-47-43-39-40-44-48-53-58-63-74(4)5/h74-77,82H,6-73H2,1-5H3,(H,87,88)(H,89,90)/t75-,76+,77+/m0/s1. The predicted octanol–water partition coefficient (Wildman–Crippen LogP) is 24.4. The lowest BCUT2D eigenvalue weighted by Gasteiger charge is -2.21. The summed E-state index contributed by atoms with van der Waals surface area (Å²) in [6, 6.07) is 0. The van der Waals surface area contributed by atoms with Gasteiger partial charge in [-0.1, -0.05) is 381 Å². The predicted molar refractivity (Wildman–Crippen MR) is 409 cm³/mol. The molecule has 0 aliphatic carbocycles. The van der Waals surface area contributed by atoms with E-state index in [2.05, 4.69) is 34.6 Å². The number of aliphatic hydroxyl groups is 1. The van der Waals surface area contributed by atoms with Gasteiger partial charge in [0.25, 0.3) is 0 Å². The molecule has 0 aromatic heterocycles. The molecule has 0 aliphatic heterocycles. The van der Waals surface area contributed by atoms with Crippen LogP contribution in [0.1, 0.15) is 433 Å². The van der Waals surface area contributed by atoms with Gasteiger partial charge in [-0.05, 0) is 31.6 Å². The van der Waals surface area contributed by atoms with Crippen LogP contribution in [-0.4, -0.2) is 96.7 Å². The Hall–Kier alpha value is -1.94. The van der Waals surface area contributed by atoms with E-state index in [1.807, 2.05) is 0 Å². The van der Waals surface area contributed by atoms with Crippen LogP contribution in [0.25, 0.3) is 0 Å². The van der Waals surface area contributed by atoms with Crippen LogP contribution in [0.3, 0.4) is 0 Å². The molecule has 0 heterocycles. The molecule has 0 saturated carbocycles. The van der Waals surface area contributed by atoms with Gasteiger partial charge in [0.15, 0.2) is 12.2 Å². The molecule has 0 spiro atoms. The Morgan fingerprint density at radius 2 is 0.460 bits per heavy atom. The number of carbonyl (C=O) groups excluding carboxylic acids is 4. The van der Waals surface area contributed by atoms with Gasteiger partial charge in [0.1, 0.15) is 19.3 Å². The first-order valence-electron chi connectivity index (χ1n) is 42.1. The van der Waals surface area contributed by atoms with E-state index in [4.69, 9.17) is 37.0 Å². The Morgan fingerprint density at radius 3 is 0.680 bits per heavy atom. The number of esters is 4. The Labute approximate surface area is 613 Å². The van der Waals surface area contributed by atoms with Crippen molar-refractivity contribution >= 4 is 39.5 Å². The number of carbonyl (C=O) groups is 4. The average molecular weight is 1470 g/mol. The monoisotopic (exact) mass is 1470 g/mol. The Balaban J connectivity index is 5.19. The van der Waals surface area contributed by atoms with Gasteiger partial charge < -0.3 is 33.8 Å². The molecule has 0 aromatic rings. The van der Waals surface area contributed by atoms with Gasteiger partial charge in [-0.25, -0.2) is 9.13 Å². The van der Waals surface area contributed by atoms with Crippen LogP contribution in [-0.2, 0) is 65.4 Å². The van der Waals surface area contributed by atoms with Crippen molar-refractivity contribution in [1.29, 1.82) is 0 Å². The minimum atomic E-state index is -4.96. The molecule has 19 heteroatoms. The molecule has 0 amide bonds. The number of hydrogen-bond donors (Lipinski definition) is 3. The van der Waals surface area contributed by atoms with Gasteiger partial charge >= 0.3 is 39.5 Å². The summed E-state index contributed by atoms with van der Waals surface area (Å²) in [4.78, 5) is 72.9. The minimum Gasteiger partial charge on any atom is -0.462 e. The molecule has 0 radical (unpaired) electrons. The van der Waals surface area contributed by atoms with Crippen LogP contribution in [0.15, 0.2) is 0 Å². The third-order valence-corrected chi connectivity index (χ3v) is 20.9. The topological polar surface area (TPSA) is 237 Å². The van der Waals surface area contributed by atoms with E-state index in [0.717, 1.165) is 102 Å². The fourth-order valence-corrected chi connectivity index (χ4v) is 14.2. The quantitative estimate of drug-likeness (QED) is 0.0222. The van der Waals surface area contributed by atoms with E-state index in [-0.39, 0.29) is 25.7 Å². The zero-order valence-corrected chi connectivity index (χ0v) is 67.1. The molecule has 0 saturated heterocycles. The third kappa shape index (κ3) is 74.3. The second-order valence-corrected chi connectivity index (χ2v) is 32.5. The summed E-state index contributed by atoms with van der Waals surface area (Å²) >= 11 is 0. The summed E-state index contributed by atoms with van der Waals surface area (Å²) < 4.78 is 68.6. The highest BCUT2D eigenvalue weighted by molar-refractivity contribution is 7.47. The number of aliphatic hydroxyl groups excluding tert-OH is 1. The number of rotatable bonds is 81. The Bertz CT molecular complexity index is 1910. The second-order valence-electron chi connectivity index (χ2n) is 29.6. The molecule has 0 bridgehead atoms. The molecule has 0 rings (SSSR count). The van der Waals surface area contributed by atoms with Crippen LogP contribution >= 0.6 is 15.6 Å². The summed E-state index contributed by atoms with van der Waals surface area (Å²) in [5, 5.41) is 10.6. The third-order valence-electron chi connectivity index (χ3n) is 19.0. The average Bonchev–Trinajstić information content (AvgIpc) is 0.926. The first-order chi connectivity index (χ1) is 48.5. The maximum Gasteiger partial charge on any atom is 0.472 e. The lowest BCUT2D eigenvalue weighted by atomic mass is 10.0. The Kier molecular flexibility index (Phi) is 72.5. The second kappa shape index (κ2) is 73.9. The van der Waals surface area contributed by atoms with Crippen LogP contribution < -0.4 is 0 Å². The number of phosphoric acid groups is 2.